The monoisotopic (exact) mass is 374 g/mol. The number of primary amides is 1. The molecule has 0 aliphatic heterocycles. The average Bonchev–Trinajstić information content (AvgIpc) is 3.25. The van der Waals surface area contributed by atoms with Gasteiger partial charge in [-0.1, -0.05) is 19.1 Å². The summed E-state index contributed by atoms with van der Waals surface area (Å²) in [5, 5.41) is 12.9. The second kappa shape index (κ2) is 6.23. The molecule has 1 aromatic heterocycles. The molecule has 2 bridgehead atoms. The van der Waals surface area contributed by atoms with Crippen molar-refractivity contribution in [3.8, 4) is 0 Å². The van der Waals surface area contributed by atoms with Crippen LogP contribution in [0.4, 0.5) is 5.00 Å². The summed E-state index contributed by atoms with van der Waals surface area (Å²) in [6.07, 6.45) is 7.23. The van der Waals surface area contributed by atoms with E-state index in [0.29, 0.717) is 22.9 Å². The highest BCUT2D eigenvalue weighted by molar-refractivity contribution is 7.17. The number of nitrogens with two attached hydrogens (primary N) is 1. The third-order valence-electron chi connectivity index (χ3n) is 6.04. The highest BCUT2D eigenvalue weighted by atomic mass is 32.1. The van der Waals surface area contributed by atoms with Gasteiger partial charge in [-0.3, -0.25) is 14.4 Å². The van der Waals surface area contributed by atoms with Crippen molar-refractivity contribution in [1.29, 1.82) is 0 Å². The molecule has 0 saturated heterocycles. The zero-order valence-corrected chi connectivity index (χ0v) is 15.3. The van der Waals surface area contributed by atoms with Gasteiger partial charge < -0.3 is 16.2 Å². The molecule has 0 spiro atoms. The van der Waals surface area contributed by atoms with Crippen molar-refractivity contribution in [2.75, 3.05) is 5.32 Å². The minimum absolute atomic E-state index is 0.0484. The summed E-state index contributed by atoms with van der Waals surface area (Å²) >= 11 is 1.41. The van der Waals surface area contributed by atoms with Crippen LogP contribution in [0.5, 0.6) is 0 Å². The summed E-state index contributed by atoms with van der Waals surface area (Å²) in [4.78, 5) is 37.7. The molecule has 1 heterocycles. The van der Waals surface area contributed by atoms with Crippen LogP contribution in [0.25, 0.3) is 0 Å². The predicted molar refractivity (Wildman–Crippen MR) is 98.0 cm³/mol. The molecule has 5 unspecified atom stereocenters. The summed E-state index contributed by atoms with van der Waals surface area (Å²) in [5.74, 6) is -2.67. The van der Waals surface area contributed by atoms with Crippen LogP contribution in [-0.4, -0.2) is 22.9 Å². The standard InChI is InChI=1S/C19H22N2O4S/c1-8-2-5-11-12(6-8)26-18(15(11)16(20)22)21-17(23)13-9-3-4-10(7-9)14(13)19(24)25/h3-4,8-10,13-14H,2,5-7H2,1H3,(H2,20,22)(H,21,23)(H,24,25). The Hall–Kier alpha value is -2.15. The fraction of sp³-hybridized carbons (Fsp3) is 0.526. The molecule has 138 valence electrons. The molecule has 4 rings (SSSR count). The highest BCUT2D eigenvalue weighted by Gasteiger charge is 2.51. The van der Waals surface area contributed by atoms with Crippen LogP contribution in [0.1, 0.15) is 40.6 Å². The number of aliphatic carboxylic acids is 1. The topological polar surface area (TPSA) is 109 Å². The van der Waals surface area contributed by atoms with Gasteiger partial charge in [0, 0.05) is 4.88 Å². The summed E-state index contributed by atoms with van der Waals surface area (Å²) in [6, 6.07) is 0. The van der Waals surface area contributed by atoms with Crippen LogP contribution in [0.2, 0.25) is 0 Å². The maximum atomic E-state index is 12.9. The summed E-state index contributed by atoms with van der Waals surface area (Å²) in [6.45, 7) is 2.17. The minimum atomic E-state index is -0.934. The number of hydrogen-bond acceptors (Lipinski definition) is 4. The lowest BCUT2D eigenvalue weighted by atomic mass is 9.82. The lowest BCUT2D eigenvalue weighted by Crippen LogP contribution is -2.36. The van der Waals surface area contributed by atoms with E-state index in [1.807, 2.05) is 12.2 Å². The van der Waals surface area contributed by atoms with Crippen LogP contribution in [0, 0.1) is 29.6 Å². The first-order valence-electron chi connectivity index (χ1n) is 9.03. The van der Waals surface area contributed by atoms with Gasteiger partial charge in [-0.25, -0.2) is 0 Å². The third kappa shape index (κ3) is 2.65. The number of rotatable bonds is 4. The first-order valence-corrected chi connectivity index (χ1v) is 9.84. The lowest BCUT2D eigenvalue weighted by molar-refractivity contribution is -0.146. The van der Waals surface area contributed by atoms with Crippen molar-refractivity contribution in [3.63, 3.8) is 0 Å². The SMILES string of the molecule is CC1CCc2c(sc(NC(=O)C3C4C=CC(C4)C3C(=O)O)c2C(N)=O)C1. The molecule has 0 aromatic carbocycles. The number of carbonyl (C=O) groups is 3. The van der Waals surface area contributed by atoms with Crippen molar-refractivity contribution in [2.24, 2.45) is 35.3 Å². The van der Waals surface area contributed by atoms with Crippen LogP contribution in [-0.2, 0) is 22.4 Å². The van der Waals surface area contributed by atoms with Crippen molar-refractivity contribution in [3.05, 3.63) is 28.2 Å². The molecule has 1 saturated carbocycles. The molecule has 3 aliphatic rings. The zero-order chi connectivity index (χ0) is 18.6. The minimum Gasteiger partial charge on any atom is -0.481 e. The van der Waals surface area contributed by atoms with Crippen molar-refractivity contribution in [2.45, 2.75) is 32.6 Å². The Morgan fingerprint density at radius 1 is 1.23 bits per heavy atom. The third-order valence-corrected chi connectivity index (χ3v) is 7.21. The van der Waals surface area contributed by atoms with Gasteiger partial charge in [0.1, 0.15) is 5.00 Å². The Morgan fingerprint density at radius 3 is 2.58 bits per heavy atom. The van der Waals surface area contributed by atoms with Gasteiger partial charge in [0.25, 0.3) is 5.91 Å². The van der Waals surface area contributed by atoms with Crippen LogP contribution < -0.4 is 11.1 Å². The average molecular weight is 374 g/mol. The van der Waals surface area contributed by atoms with E-state index in [1.54, 1.807) is 0 Å². The van der Waals surface area contributed by atoms with E-state index in [2.05, 4.69) is 12.2 Å². The number of allylic oxidation sites excluding steroid dienone is 2. The Labute approximate surface area is 155 Å². The molecular weight excluding hydrogens is 352 g/mol. The van der Waals surface area contributed by atoms with E-state index >= 15 is 0 Å². The van der Waals surface area contributed by atoms with E-state index in [9.17, 15) is 19.5 Å². The summed E-state index contributed by atoms with van der Waals surface area (Å²) in [7, 11) is 0. The van der Waals surface area contributed by atoms with Crippen LogP contribution in [0.3, 0.4) is 0 Å². The zero-order valence-electron chi connectivity index (χ0n) is 14.5. The molecule has 26 heavy (non-hydrogen) atoms. The van der Waals surface area contributed by atoms with E-state index in [1.165, 1.54) is 11.3 Å². The second-order valence-electron chi connectivity index (χ2n) is 7.75. The van der Waals surface area contributed by atoms with Crippen molar-refractivity contribution < 1.29 is 19.5 Å². The Kier molecular flexibility index (Phi) is 4.14. The maximum Gasteiger partial charge on any atom is 0.307 e. The predicted octanol–water partition coefficient (Wildman–Crippen LogP) is 2.43. The molecule has 7 heteroatoms. The fourth-order valence-corrected chi connectivity index (χ4v) is 6.23. The molecular formula is C19H22N2O4S. The molecule has 4 N–H and O–H groups in total. The number of carboxylic acids is 1. The molecule has 0 radical (unpaired) electrons. The molecule has 5 atom stereocenters. The number of thiophene rings is 1. The second-order valence-corrected chi connectivity index (χ2v) is 8.85. The van der Waals surface area contributed by atoms with Gasteiger partial charge >= 0.3 is 5.97 Å². The van der Waals surface area contributed by atoms with Gasteiger partial charge in [-0.2, -0.15) is 0 Å². The van der Waals surface area contributed by atoms with Gasteiger partial charge in [-0.15, -0.1) is 11.3 Å². The molecule has 6 nitrogen and oxygen atoms in total. The van der Waals surface area contributed by atoms with E-state index < -0.39 is 23.7 Å². The summed E-state index contributed by atoms with van der Waals surface area (Å²) < 4.78 is 0. The van der Waals surface area contributed by atoms with Gasteiger partial charge in [0.05, 0.1) is 17.4 Å². The number of carboxylic acid groups (broad SMARTS) is 1. The first-order chi connectivity index (χ1) is 12.4. The first kappa shape index (κ1) is 17.3. The molecule has 3 aliphatic carbocycles. The van der Waals surface area contributed by atoms with E-state index in [-0.39, 0.29) is 17.7 Å². The molecule has 1 aromatic rings. The fourth-order valence-electron chi connectivity index (χ4n) is 4.81. The normalized spacial score (nSPS) is 31.7. The van der Waals surface area contributed by atoms with Crippen LogP contribution >= 0.6 is 11.3 Å². The highest BCUT2D eigenvalue weighted by Crippen LogP contribution is 2.49. The summed E-state index contributed by atoms with van der Waals surface area (Å²) in [5.41, 5.74) is 6.96. The number of fused-ring (bicyclic) bond motifs is 3. The number of anilines is 1. The van der Waals surface area contributed by atoms with Crippen molar-refractivity contribution in [1.82, 2.24) is 0 Å². The van der Waals surface area contributed by atoms with Gasteiger partial charge in [0.15, 0.2) is 0 Å². The number of carbonyl (C=O) groups excluding carboxylic acids is 2. The van der Waals surface area contributed by atoms with Gasteiger partial charge in [-0.05, 0) is 49.0 Å². The number of amides is 2. The quantitative estimate of drug-likeness (QED) is 0.703. The van der Waals surface area contributed by atoms with E-state index in [0.717, 1.165) is 29.7 Å². The number of hydrogen-bond donors (Lipinski definition) is 3. The smallest absolute Gasteiger partial charge is 0.307 e. The largest absolute Gasteiger partial charge is 0.481 e. The Morgan fingerprint density at radius 2 is 1.92 bits per heavy atom. The van der Waals surface area contributed by atoms with Crippen LogP contribution in [0.15, 0.2) is 12.2 Å². The van der Waals surface area contributed by atoms with Gasteiger partial charge in [0.2, 0.25) is 5.91 Å². The number of nitrogens with one attached hydrogen (secondary N) is 1. The molecule has 1 fully saturated rings. The Bertz CT molecular complexity index is 828. The van der Waals surface area contributed by atoms with Crippen molar-refractivity contribution >= 4 is 34.1 Å². The maximum absolute atomic E-state index is 12.9. The van der Waals surface area contributed by atoms with E-state index in [4.69, 9.17) is 5.73 Å². The lowest BCUT2D eigenvalue weighted by Gasteiger charge is -2.23. The Balaban J connectivity index is 1.63. The molecule has 2 amide bonds.